The molecule has 1 unspecified atom stereocenters. The number of hydrogen-bond donors (Lipinski definition) is 1. The number of thiophene rings is 1. The normalized spacial score (nSPS) is 21.5. The van der Waals surface area contributed by atoms with Gasteiger partial charge in [-0.15, -0.1) is 11.3 Å². The van der Waals surface area contributed by atoms with Gasteiger partial charge in [-0.1, -0.05) is 11.6 Å². The van der Waals surface area contributed by atoms with E-state index >= 15 is 0 Å². The number of rotatable bonds is 1. The average Bonchev–Trinajstić information content (AvgIpc) is 2.52. The molecule has 2 rings (SSSR count). The van der Waals surface area contributed by atoms with Crippen LogP contribution in [-0.4, -0.2) is 12.3 Å². The summed E-state index contributed by atoms with van der Waals surface area (Å²) in [6.45, 7) is 0.537. The molecule has 1 atom stereocenters. The maximum absolute atomic E-state index is 11.3. The minimum atomic E-state index is 0.184. The maximum atomic E-state index is 11.3. The van der Waals surface area contributed by atoms with Gasteiger partial charge < -0.3 is 5.73 Å². The van der Waals surface area contributed by atoms with Gasteiger partial charge in [-0.2, -0.15) is 0 Å². The molecule has 64 valence electrons. The van der Waals surface area contributed by atoms with Crippen molar-refractivity contribution in [2.75, 3.05) is 6.54 Å². The first-order valence-corrected chi connectivity index (χ1v) is 4.94. The molecule has 0 saturated heterocycles. The summed E-state index contributed by atoms with van der Waals surface area (Å²) in [5.41, 5.74) is 6.32. The topological polar surface area (TPSA) is 43.1 Å². The van der Waals surface area contributed by atoms with E-state index in [0.29, 0.717) is 17.3 Å². The standard InChI is InChI=1S/C8H8ClNOS/c9-7-2-5-6(11)1-4(3-10)8(5)12-7/h2,4H,1,3,10H2. The van der Waals surface area contributed by atoms with Crippen LogP contribution < -0.4 is 5.73 Å². The zero-order chi connectivity index (χ0) is 8.72. The molecule has 0 bridgehead atoms. The third-order valence-corrected chi connectivity index (χ3v) is 3.54. The van der Waals surface area contributed by atoms with Crippen LogP contribution in [0.25, 0.3) is 0 Å². The van der Waals surface area contributed by atoms with Crippen LogP contribution in [0, 0.1) is 0 Å². The average molecular weight is 202 g/mol. The highest BCUT2D eigenvalue weighted by Gasteiger charge is 2.30. The van der Waals surface area contributed by atoms with Crippen LogP contribution in [-0.2, 0) is 0 Å². The summed E-state index contributed by atoms with van der Waals surface area (Å²) in [6.07, 6.45) is 0.564. The molecule has 0 aromatic carbocycles. The van der Waals surface area contributed by atoms with E-state index in [-0.39, 0.29) is 11.7 Å². The summed E-state index contributed by atoms with van der Waals surface area (Å²) in [5, 5.41) is 0. The largest absolute Gasteiger partial charge is 0.330 e. The number of carbonyl (C=O) groups is 1. The fourth-order valence-electron chi connectivity index (χ4n) is 1.51. The molecule has 0 saturated carbocycles. The number of carbonyl (C=O) groups excluding carboxylic acids is 1. The molecule has 1 aliphatic rings. The predicted octanol–water partition coefficient (Wildman–Crippen LogP) is 2.03. The van der Waals surface area contributed by atoms with Crippen LogP contribution in [0.3, 0.4) is 0 Å². The van der Waals surface area contributed by atoms with E-state index in [1.807, 2.05) is 0 Å². The van der Waals surface area contributed by atoms with Crippen molar-refractivity contribution in [3.05, 3.63) is 20.8 Å². The highest BCUT2D eigenvalue weighted by molar-refractivity contribution is 7.16. The van der Waals surface area contributed by atoms with Gasteiger partial charge in [0, 0.05) is 29.3 Å². The second-order valence-electron chi connectivity index (χ2n) is 2.89. The molecule has 0 aliphatic heterocycles. The molecule has 2 nitrogen and oxygen atoms in total. The van der Waals surface area contributed by atoms with E-state index in [2.05, 4.69) is 0 Å². The first kappa shape index (κ1) is 8.23. The van der Waals surface area contributed by atoms with Gasteiger partial charge in [-0.05, 0) is 6.07 Å². The molecule has 2 N–H and O–H groups in total. The van der Waals surface area contributed by atoms with Crippen molar-refractivity contribution in [3.63, 3.8) is 0 Å². The van der Waals surface area contributed by atoms with Crippen LogP contribution in [0.5, 0.6) is 0 Å². The Morgan fingerprint density at radius 1 is 1.75 bits per heavy atom. The quantitative estimate of drug-likeness (QED) is 0.756. The van der Waals surface area contributed by atoms with Gasteiger partial charge in [-0.25, -0.2) is 0 Å². The second kappa shape index (κ2) is 2.83. The zero-order valence-electron chi connectivity index (χ0n) is 6.34. The van der Waals surface area contributed by atoms with Crippen molar-refractivity contribution in [1.29, 1.82) is 0 Å². The Morgan fingerprint density at radius 2 is 2.50 bits per heavy atom. The van der Waals surface area contributed by atoms with Gasteiger partial charge in [0.2, 0.25) is 0 Å². The fourth-order valence-corrected chi connectivity index (χ4v) is 2.89. The van der Waals surface area contributed by atoms with Crippen molar-refractivity contribution in [2.45, 2.75) is 12.3 Å². The van der Waals surface area contributed by atoms with Crippen LogP contribution in [0.1, 0.15) is 27.6 Å². The first-order valence-electron chi connectivity index (χ1n) is 3.75. The van der Waals surface area contributed by atoms with Crippen LogP contribution in [0.15, 0.2) is 6.07 Å². The maximum Gasteiger partial charge on any atom is 0.164 e. The molecule has 1 aliphatic carbocycles. The van der Waals surface area contributed by atoms with Gasteiger partial charge in [0.1, 0.15) is 0 Å². The van der Waals surface area contributed by atoms with Crippen molar-refractivity contribution in [3.8, 4) is 0 Å². The lowest BCUT2D eigenvalue weighted by Crippen LogP contribution is -2.08. The first-order chi connectivity index (χ1) is 5.72. The fraction of sp³-hybridized carbons (Fsp3) is 0.375. The number of hydrogen-bond acceptors (Lipinski definition) is 3. The molecular weight excluding hydrogens is 194 g/mol. The second-order valence-corrected chi connectivity index (χ2v) is 4.60. The minimum absolute atomic E-state index is 0.184. The van der Waals surface area contributed by atoms with Gasteiger partial charge in [0.15, 0.2) is 5.78 Å². The molecule has 0 spiro atoms. The summed E-state index contributed by atoms with van der Waals surface area (Å²) in [4.78, 5) is 12.4. The molecule has 0 amide bonds. The molecule has 0 fully saturated rings. The zero-order valence-corrected chi connectivity index (χ0v) is 7.91. The van der Waals surface area contributed by atoms with Gasteiger partial charge in [0.05, 0.1) is 4.34 Å². The van der Waals surface area contributed by atoms with Crippen LogP contribution in [0.4, 0.5) is 0 Å². The lowest BCUT2D eigenvalue weighted by atomic mass is 10.1. The van der Waals surface area contributed by atoms with Gasteiger partial charge >= 0.3 is 0 Å². The summed E-state index contributed by atoms with van der Waals surface area (Å²) in [6, 6.07) is 1.75. The Hall–Kier alpha value is -0.380. The van der Waals surface area contributed by atoms with Crippen LogP contribution >= 0.6 is 22.9 Å². The van der Waals surface area contributed by atoms with E-state index in [4.69, 9.17) is 17.3 Å². The van der Waals surface area contributed by atoms with E-state index < -0.39 is 0 Å². The Kier molecular flexibility index (Phi) is 1.94. The number of fused-ring (bicyclic) bond motifs is 1. The van der Waals surface area contributed by atoms with Crippen molar-refractivity contribution < 1.29 is 4.79 Å². The van der Waals surface area contributed by atoms with Crippen molar-refractivity contribution in [1.82, 2.24) is 0 Å². The molecule has 4 heteroatoms. The summed E-state index contributed by atoms with van der Waals surface area (Å²) in [5.74, 6) is 0.397. The lowest BCUT2D eigenvalue weighted by Gasteiger charge is -2.01. The Balaban J connectivity index is 2.48. The number of nitrogens with two attached hydrogens (primary N) is 1. The van der Waals surface area contributed by atoms with E-state index in [1.165, 1.54) is 11.3 Å². The molecule has 12 heavy (non-hydrogen) atoms. The smallest absolute Gasteiger partial charge is 0.164 e. The molecule has 1 aromatic rings. The third kappa shape index (κ3) is 1.09. The van der Waals surface area contributed by atoms with Crippen molar-refractivity contribution >= 4 is 28.7 Å². The Labute approximate surface area is 79.3 Å². The Bertz CT molecular complexity index is 334. The summed E-state index contributed by atoms with van der Waals surface area (Å²) >= 11 is 7.27. The number of halogens is 1. The monoisotopic (exact) mass is 201 g/mol. The molecule has 0 radical (unpaired) electrons. The molecule has 1 aromatic heterocycles. The molecular formula is C8H8ClNOS. The van der Waals surface area contributed by atoms with E-state index in [0.717, 1.165) is 10.4 Å². The van der Waals surface area contributed by atoms with Gasteiger partial charge in [0.25, 0.3) is 0 Å². The SMILES string of the molecule is NCC1CC(=O)c2cc(Cl)sc21. The van der Waals surface area contributed by atoms with Crippen LogP contribution in [0.2, 0.25) is 4.34 Å². The van der Waals surface area contributed by atoms with Crippen molar-refractivity contribution in [2.24, 2.45) is 5.73 Å². The van der Waals surface area contributed by atoms with Gasteiger partial charge in [-0.3, -0.25) is 4.79 Å². The number of Topliss-reactive ketones (excluding diaryl/α,β-unsaturated/α-hetero) is 1. The highest BCUT2D eigenvalue weighted by atomic mass is 35.5. The minimum Gasteiger partial charge on any atom is -0.330 e. The lowest BCUT2D eigenvalue weighted by molar-refractivity contribution is 0.0989. The highest BCUT2D eigenvalue weighted by Crippen LogP contribution is 2.40. The Morgan fingerprint density at radius 3 is 3.17 bits per heavy atom. The number of ketones is 1. The van der Waals surface area contributed by atoms with E-state index in [1.54, 1.807) is 6.07 Å². The summed E-state index contributed by atoms with van der Waals surface area (Å²) < 4.78 is 0.687. The third-order valence-electron chi connectivity index (χ3n) is 2.12. The summed E-state index contributed by atoms with van der Waals surface area (Å²) in [7, 11) is 0. The predicted molar refractivity (Wildman–Crippen MR) is 50.1 cm³/mol. The van der Waals surface area contributed by atoms with E-state index in [9.17, 15) is 4.79 Å². The molecule has 1 heterocycles.